The number of hydrogen-bond donors (Lipinski definition) is 1. The Morgan fingerprint density at radius 2 is 2.22 bits per heavy atom. The average Bonchev–Trinajstić information content (AvgIpc) is 2.75. The summed E-state index contributed by atoms with van der Waals surface area (Å²) in [5.41, 5.74) is 5.82. The topological polar surface area (TPSA) is 74.4 Å². The van der Waals surface area contributed by atoms with Crippen LogP contribution in [0.2, 0.25) is 0 Å². The van der Waals surface area contributed by atoms with Crippen molar-refractivity contribution < 1.29 is 14.3 Å². The quantitative estimate of drug-likeness (QED) is 0.846. The van der Waals surface area contributed by atoms with Crippen molar-refractivity contribution in [3.63, 3.8) is 0 Å². The van der Waals surface area contributed by atoms with Crippen molar-refractivity contribution in [3.8, 4) is 0 Å². The lowest BCUT2D eigenvalue weighted by molar-refractivity contribution is -0.0856. The molecule has 0 saturated carbocycles. The maximum Gasteiger partial charge on any atom is 0.358 e. The Morgan fingerprint density at radius 1 is 1.56 bits per heavy atom. The van der Waals surface area contributed by atoms with Gasteiger partial charge in [-0.05, 0) is 13.8 Å². The highest BCUT2D eigenvalue weighted by molar-refractivity contribution is 7.09. The van der Waals surface area contributed by atoms with Gasteiger partial charge >= 0.3 is 5.97 Å². The molecule has 1 aliphatic rings. The van der Waals surface area contributed by atoms with E-state index < -0.39 is 0 Å². The number of hydrogen-bond acceptors (Lipinski definition) is 6. The molecule has 0 spiro atoms. The van der Waals surface area contributed by atoms with Gasteiger partial charge in [0.25, 0.3) is 0 Å². The zero-order valence-electron chi connectivity index (χ0n) is 10.6. The molecule has 2 rings (SSSR count). The molecule has 1 saturated heterocycles. The molecular weight excluding hydrogens is 252 g/mol. The van der Waals surface area contributed by atoms with E-state index in [1.807, 2.05) is 13.8 Å². The summed E-state index contributed by atoms with van der Waals surface area (Å²) in [7, 11) is 0. The largest absolute Gasteiger partial charge is 0.457 e. The fourth-order valence-corrected chi connectivity index (χ4v) is 2.79. The Bertz CT molecular complexity index is 411. The minimum Gasteiger partial charge on any atom is -0.457 e. The lowest BCUT2D eigenvalue weighted by atomic mass is 10.0. The molecule has 1 fully saturated rings. The van der Waals surface area contributed by atoms with E-state index in [4.69, 9.17) is 15.2 Å². The van der Waals surface area contributed by atoms with E-state index in [9.17, 15) is 4.79 Å². The first-order chi connectivity index (χ1) is 8.58. The molecule has 1 aromatic rings. The second kappa shape index (κ2) is 5.77. The van der Waals surface area contributed by atoms with Gasteiger partial charge in [0.2, 0.25) is 0 Å². The van der Waals surface area contributed by atoms with Crippen molar-refractivity contribution in [1.82, 2.24) is 4.98 Å². The number of aromatic nitrogens is 1. The van der Waals surface area contributed by atoms with Crippen LogP contribution in [-0.2, 0) is 16.0 Å². The molecule has 0 amide bonds. The standard InChI is InChI=1S/C12H18N2O3S/c1-7-3-9(4-8(2)16-7)17-12(15)10-6-18-11(5-13)14-10/h6-9H,3-5,13H2,1-2H3. The first-order valence-corrected chi connectivity index (χ1v) is 6.97. The van der Waals surface area contributed by atoms with Gasteiger partial charge in [0.15, 0.2) is 5.69 Å². The Balaban J connectivity index is 1.94. The Hall–Kier alpha value is -0.980. The number of nitrogens with zero attached hydrogens (tertiary/aromatic N) is 1. The van der Waals surface area contributed by atoms with Gasteiger partial charge in [0.1, 0.15) is 11.1 Å². The molecule has 2 N–H and O–H groups in total. The highest BCUT2D eigenvalue weighted by atomic mass is 32.1. The molecular formula is C12H18N2O3S. The summed E-state index contributed by atoms with van der Waals surface area (Å²) in [4.78, 5) is 16.0. The fraction of sp³-hybridized carbons (Fsp3) is 0.667. The minimum absolute atomic E-state index is 0.0840. The van der Waals surface area contributed by atoms with Crippen LogP contribution in [0, 0.1) is 0 Å². The summed E-state index contributed by atoms with van der Waals surface area (Å²) in [6.45, 7) is 4.33. The van der Waals surface area contributed by atoms with E-state index in [2.05, 4.69) is 4.98 Å². The number of nitrogens with two attached hydrogens (primary N) is 1. The zero-order chi connectivity index (χ0) is 13.1. The smallest absolute Gasteiger partial charge is 0.358 e. The second-order valence-corrected chi connectivity index (χ2v) is 5.53. The highest BCUT2D eigenvalue weighted by Crippen LogP contribution is 2.22. The van der Waals surface area contributed by atoms with Gasteiger partial charge in [-0.1, -0.05) is 0 Å². The van der Waals surface area contributed by atoms with Gasteiger partial charge in [0, 0.05) is 24.8 Å². The van der Waals surface area contributed by atoms with Crippen molar-refractivity contribution in [3.05, 3.63) is 16.1 Å². The van der Waals surface area contributed by atoms with Crippen LogP contribution in [0.4, 0.5) is 0 Å². The van der Waals surface area contributed by atoms with Crippen LogP contribution in [0.5, 0.6) is 0 Å². The lowest BCUT2D eigenvalue weighted by Crippen LogP contribution is -2.35. The summed E-state index contributed by atoms with van der Waals surface area (Å²) in [6.07, 6.45) is 1.65. The van der Waals surface area contributed by atoms with Crippen LogP contribution in [-0.4, -0.2) is 29.3 Å². The van der Waals surface area contributed by atoms with Crippen molar-refractivity contribution >= 4 is 17.3 Å². The molecule has 2 atom stereocenters. The van der Waals surface area contributed by atoms with E-state index in [0.29, 0.717) is 12.2 Å². The molecule has 6 heteroatoms. The zero-order valence-corrected chi connectivity index (χ0v) is 11.4. The predicted molar refractivity (Wildman–Crippen MR) is 68.5 cm³/mol. The molecule has 18 heavy (non-hydrogen) atoms. The van der Waals surface area contributed by atoms with E-state index >= 15 is 0 Å². The predicted octanol–water partition coefficient (Wildman–Crippen LogP) is 1.71. The van der Waals surface area contributed by atoms with Crippen molar-refractivity contribution in [2.75, 3.05) is 0 Å². The van der Waals surface area contributed by atoms with Crippen LogP contribution in [0.25, 0.3) is 0 Å². The van der Waals surface area contributed by atoms with E-state index in [1.54, 1.807) is 5.38 Å². The number of carbonyl (C=O) groups excluding carboxylic acids is 1. The summed E-state index contributed by atoms with van der Waals surface area (Å²) in [5.74, 6) is -0.364. The molecule has 0 bridgehead atoms. The monoisotopic (exact) mass is 270 g/mol. The van der Waals surface area contributed by atoms with Crippen LogP contribution in [0.15, 0.2) is 5.38 Å². The van der Waals surface area contributed by atoms with Crippen LogP contribution in [0.1, 0.15) is 42.2 Å². The summed E-state index contributed by atoms with van der Waals surface area (Å²) >= 11 is 1.38. The maximum absolute atomic E-state index is 11.9. The Morgan fingerprint density at radius 3 is 2.78 bits per heavy atom. The summed E-state index contributed by atoms with van der Waals surface area (Å²) in [6, 6.07) is 0. The van der Waals surface area contributed by atoms with Gasteiger partial charge in [-0.2, -0.15) is 0 Å². The molecule has 100 valence electrons. The van der Waals surface area contributed by atoms with Crippen LogP contribution >= 0.6 is 11.3 Å². The first kappa shape index (κ1) is 13.5. The first-order valence-electron chi connectivity index (χ1n) is 6.09. The number of carbonyl (C=O) groups is 1. The fourth-order valence-electron chi connectivity index (χ4n) is 2.15. The maximum atomic E-state index is 11.9. The SMILES string of the molecule is CC1CC(OC(=O)c2csc(CN)n2)CC(C)O1. The normalized spacial score (nSPS) is 28.1. The van der Waals surface area contributed by atoms with Crippen molar-refractivity contribution in [2.45, 2.75) is 51.5 Å². The second-order valence-electron chi connectivity index (χ2n) is 4.59. The third-order valence-electron chi connectivity index (χ3n) is 2.86. The minimum atomic E-state index is -0.364. The molecule has 0 aliphatic carbocycles. The van der Waals surface area contributed by atoms with Gasteiger partial charge in [-0.25, -0.2) is 9.78 Å². The molecule has 0 radical (unpaired) electrons. The molecule has 2 heterocycles. The lowest BCUT2D eigenvalue weighted by Gasteiger charge is -2.31. The van der Waals surface area contributed by atoms with Crippen molar-refractivity contribution in [2.24, 2.45) is 5.73 Å². The van der Waals surface area contributed by atoms with Crippen LogP contribution < -0.4 is 5.73 Å². The molecule has 2 unspecified atom stereocenters. The number of esters is 1. The molecule has 1 aromatic heterocycles. The highest BCUT2D eigenvalue weighted by Gasteiger charge is 2.28. The van der Waals surface area contributed by atoms with Crippen molar-refractivity contribution in [1.29, 1.82) is 0 Å². The Labute approximate surface area is 110 Å². The van der Waals surface area contributed by atoms with E-state index in [1.165, 1.54) is 11.3 Å². The number of ether oxygens (including phenoxy) is 2. The van der Waals surface area contributed by atoms with Gasteiger partial charge in [0.05, 0.1) is 12.2 Å². The molecule has 1 aliphatic heterocycles. The summed E-state index contributed by atoms with van der Waals surface area (Å²) < 4.78 is 11.1. The molecule has 0 aromatic carbocycles. The van der Waals surface area contributed by atoms with Gasteiger partial charge in [-0.15, -0.1) is 11.3 Å². The van der Waals surface area contributed by atoms with Gasteiger partial charge < -0.3 is 15.2 Å². The summed E-state index contributed by atoms with van der Waals surface area (Å²) in [5, 5.41) is 2.44. The third-order valence-corrected chi connectivity index (χ3v) is 3.73. The third kappa shape index (κ3) is 3.28. The number of rotatable bonds is 3. The Kier molecular flexibility index (Phi) is 4.31. The van der Waals surface area contributed by atoms with E-state index in [0.717, 1.165) is 17.8 Å². The van der Waals surface area contributed by atoms with Gasteiger partial charge in [-0.3, -0.25) is 0 Å². The van der Waals surface area contributed by atoms with E-state index in [-0.39, 0.29) is 24.3 Å². The average molecular weight is 270 g/mol. The van der Waals surface area contributed by atoms with Crippen LogP contribution in [0.3, 0.4) is 0 Å². The number of thiazole rings is 1. The molecule has 5 nitrogen and oxygen atoms in total.